The molecule has 4 aliphatic carbocycles. The molecule has 0 bridgehead atoms. The summed E-state index contributed by atoms with van der Waals surface area (Å²) in [6.45, 7) is 8.31. The Morgan fingerprint density at radius 2 is 2.00 bits per heavy atom. The van der Waals surface area contributed by atoms with Crippen LogP contribution in [0, 0.1) is 34.5 Å². The molecule has 0 spiro atoms. The summed E-state index contributed by atoms with van der Waals surface area (Å²) in [5.74, 6) is 2.56. The van der Waals surface area contributed by atoms with E-state index in [1.165, 1.54) is 31.3 Å². The molecule has 5 rings (SSSR count). The number of allylic oxidation sites excluding steroid dienone is 1. The van der Waals surface area contributed by atoms with Gasteiger partial charge in [0.05, 0.1) is 11.8 Å². The summed E-state index contributed by atoms with van der Waals surface area (Å²) in [5, 5.41) is 17.8. The van der Waals surface area contributed by atoms with Gasteiger partial charge in [-0.25, -0.2) is 4.79 Å². The molecule has 5 aliphatic rings. The van der Waals surface area contributed by atoms with Crippen molar-refractivity contribution in [3.8, 4) is 0 Å². The van der Waals surface area contributed by atoms with E-state index in [4.69, 9.17) is 9.57 Å². The van der Waals surface area contributed by atoms with Crippen LogP contribution < -0.4 is 5.32 Å². The van der Waals surface area contributed by atoms with Crippen molar-refractivity contribution >= 4 is 11.9 Å². The van der Waals surface area contributed by atoms with E-state index in [1.54, 1.807) is 0 Å². The fourth-order valence-corrected chi connectivity index (χ4v) is 8.66. The molecule has 33 heavy (non-hydrogen) atoms. The number of carbonyl (C=O) groups is 1. The first-order valence-electron chi connectivity index (χ1n) is 13.3. The van der Waals surface area contributed by atoms with Crippen molar-refractivity contribution in [1.29, 1.82) is 0 Å². The van der Waals surface area contributed by atoms with Crippen LogP contribution >= 0.6 is 0 Å². The van der Waals surface area contributed by atoms with Gasteiger partial charge in [-0.1, -0.05) is 30.7 Å². The number of aliphatic hydroxyl groups is 1. The second-order valence-corrected chi connectivity index (χ2v) is 12.0. The van der Waals surface area contributed by atoms with E-state index in [0.29, 0.717) is 18.4 Å². The molecule has 0 aromatic carbocycles. The summed E-state index contributed by atoms with van der Waals surface area (Å²) >= 11 is 0. The third-order valence-electron chi connectivity index (χ3n) is 10.4. The third kappa shape index (κ3) is 4.16. The minimum atomic E-state index is -0.689. The zero-order chi connectivity index (χ0) is 23.2. The summed E-state index contributed by atoms with van der Waals surface area (Å²) in [6.07, 6.45) is 12.7. The van der Waals surface area contributed by atoms with Crippen LogP contribution in [0.25, 0.3) is 0 Å². The van der Waals surface area contributed by atoms with E-state index in [2.05, 4.69) is 30.4 Å². The monoisotopic (exact) mass is 458 g/mol. The molecule has 1 unspecified atom stereocenters. The minimum absolute atomic E-state index is 0.224. The maximum absolute atomic E-state index is 12.1. The number of rotatable bonds is 4. The van der Waals surface area contributed by atoms with E-state index >= 15 is 0 Å². The predicted molar refractivity (Wildman–Crippen MR) is 128 cm³/mol. The van der Waals surface area contributed by atoms with Crippen LogP contribution in [0.1, 0.15) is 85.0 Å². The fourth-order valence-electron chi connectivity index (χ4n) is 8.66. The number of fused-ring (bicyclic) bond motifs is 5. The van der Waals surface area contributed by atoms with Gasteiger partial charge in [0, 0.05) is 12.0 Å². The van der Waals surface area contributed by atoms with Crippen molar-refractivity contribution in [2.75, 3.05) is 13.2 Å². The second-order valence-electron chi connectivity index (χ2n) is 12.0. The van der Waals surface area contributed by atoms with E-state index in [-0.39, 0.29) is 23.0 Å². The third-order valence-corrected chi connectivity index (χ3v) is 10.4. The molecule has 0 aromatic heterocycles. The first kappa shape index (κ1) is 23.3. The molecular weight excluding hydrogens is 416 g/mol. The van der Waals surface area contributed by atoms with Crippen molar-refractivity contribution in [2.24, 2.45) is 39.7 Å². The van der Waals surface area contributed by atoms with Crippen LogP contribution in [0.15, 0.2) is 16.8 Å². The number of carbonyl (C=O) groups excluding carboxylic acids is 1. The van der Waals surface area contributed by atoms with Gasteiger partial charge in [-0.15, -0.1) is 0 Å². The van der Waals surface area contributed by atoms with Gasteiger partial charge >= 0.3 is 6.16 Å². The number of nitrogens with one attached hydrogen (secondary N) is 1. The molecule has 8 atom stereocenters. The Bertz CT molecular complexity index is 819. The fraction of sp³-hybridized carbons (Fsp3) is 0.852. The van der Waals surface area contributed by atoms with Crippen LogP contribution in [0.3, 0.4) is 0 Å². The van der Waals surface area contributed by atoms with E-state index < -0.39 is 6.16 Å². The Balaban J connectivity index is 1.23. The maximum Gasteiger partial charge on any atom is 0.535 e. The first-order valence-corrected chi connectivity index (χ1v) is 13.3. The Labute approximate surface area is 198 Å². The summed E-state index contributed by atoms with van der Waals surface area (Å²) < 4.78 is 5.26. The highest BCUT2D eigenvalue weighted by Crippen LogP contribution is 2.66. The molecule has 1 heterocycles. The number of ether oxygens (including phenoxy) is 1. The smallest absolute Gasteiger partial charge is 0.431 e. The van der Waals surface area contributed by atoms with Gasteiger partial charge in [0.15, 0.2) is 0 Å². The average molecular weight is 459 g/mol. The van der Waals surface area contributed by atoms with E-state index in [0.717, 1.165) is 62.6 Å². The predicted octanol–water partition coefficient (Wildman–Crippen LogP) is 5.21. The lowest BCUT2D eigenvalue weighted by molar-refractivity contribution is -0.0480. The van der Waals surface area contributed by atoms with Crippen molar-refractivity contribution in [2.45, 2.75) is 97.1 Å². The molecule has 0 aromatic rings. The highest BCUT2D eigenvalue weighted by molar-refractivity contribution is 5.85. The largest absolute Gasteiger partial charge is 0.535 e. The van der Waals surface area contributed by atoms with Crippen LogP contribution in [0.5, 0.6) is 0 Å². The van der Waals surface area contributed by atoms with Crippen LogP contribution in [-0.2, 0) is 9.57 Å². The highest BCUT2D eigenvalue weighted by Gasteiger charge is 2.59. The summed E-state index contributed by atoms with van der Waals surface area (Å²) in [5.41, 5.74) is 2.96. The van der Waals surface area contributed by atoms with Gasteiger partial charge in [0.1, 0.15) is 6.61 Å². The lowest BCUT2D eigenvalue weighted by Gasteiger charge is -2.58. The van der Waals surface area contributed by atoms with Gasteiger partial charge in [-0.05, 0) is 106 Å². The molecule has 1 saturated heterocycles. The van der Waals surface area contributed by atoms with E-state index in [9.17, 15) is 9.90 Å². The molecule has 6 heteroatoms. The van der Waals surface area contributed by atoms with Gasteiger partial charge in [0.2, 0.25) is 0 Å². The topological polar surface area (TPSA) is 80.2 Å². The zero-order valence-electron chi connectivity index (χ0n) is 20.6. The molecule has 6 nitrogen and oxygen atoms in total. The summed E-state index contributed by atoms with van der Waals surface area (Å²) in [7, 11) is 0. The van der Waals surface area contributed by atoms with Gasteiger partial charge < -0.3 is 15.2 Å². The Morgan fingerprint density at radius 3 is 2.79 bits per heavy atom. The second kappa shape index (κ2) is 8.99. The van der Waals surface area contributed by atoms with E-state index in [1.807, 2.05) is 6.92 Å². The van der Waals surface area contributed by atoms with Crippen LogP contribution in [0.2, 0.25) is 0 Å². The maximum atomic E-state index is 12.1. The first-order chi connectivity index (χ1) is 15.8. The lowest BCUT2D eigenvalue weighted by atomic mass is 9.46. The molecule has 3 saturated carbocycles. The average Bonchev–Trinajstić information content (AvgIpc) is 3.44. The zero-order valence-corrected chi connectivity index (χ0v) is 20.6. The quantitative estimate of drug-likeness (QED) is 0.199. The molecule has 4 fully saturated rings. The number of hydrogen-bond donors (Lipinski definition) is 2. The number of aliphatic hydroxyl groups excluding tert-OH is 1. The molecular formula is C27H42N2O4. The summed E-state index contributed by atoms with van der Waals surface area (Å²) in [6, 6.07) is 0.243. The Morgan fingerprint density at radius 1 is 1.15 bits per heavy atom. The van der Waals surface area contributed by atoms with Crippen molar-refractivity contribution in [1.82, 2.24) is 5.32 Å². The van der Waals surface area contributed by atoms with Crippen molar-refractivity contribution in [3.63, 3.8) is 0 Å². The standard InChI is InChI=1S/C27H42N2O4/c1-17(29-33-25(31)32-16-19-5-4-14-28-19)22-8-9-23-21-7-6-18-15-20(30)10-12-26(18,2)24(21)11-13-27(22,23)3/h15,19-24,28,30H,4-14,16H2,1-3H3/b29-17+/t19?,20-,21-,22+,23-,24-,26-,27+/m0/s1. The number of nitrogens with zero attached hydrogens (tertiary/aromatic N) is 1. The normalized spacial score (nSPS) is 45.0. The van der Waals surface area contributed by atoms with Crippen molar-refractivity contribution < 1.29 is 19.5 Å². The van der Waals surface area contributed by atoms with Crippen LogP contribution in [0.4, 0.5) is 4.79 Å². The Kier molecular flexibility index (Phi) is 6.36. The molecule has 0 radical (unpaired) electrons. The van der Waals surface area contributed by atoms with Crippen LogP contribution in [-0.4, -0.2) is 42.3 Å². The number of oxime groups is 1. The van der Waals surface area contributed by atoms with Crippen molar-refractivity contribution in [3.05, 3.63) is 11.6 Å². The molecule has 184 valence electrons. The van der Waals surface area contributed by atoms with Gasteiger partial charge in [0.25, 0.3) is 0 Å². The summed E-state index contributed by atoms with van der Waals surface area (Å²) in [4.78, 5) is 17.2. The SMILES string of the molecule is C/C(=N\OC(=O)OCC1CCCN1)[C@H]1CC[C@H]2[C@@H]3CCC4=C[C@@H](O)CC[C@]4(C)[C@H]3CC[C@]12C. The minimum Gasteiger partial charge on any atom is -0.431 e. The number of hydrogen-bond acceptors (Lipinski definition) is 6. The van der Waals surface area contributed by atoms with Gasteiger partial charge in [-0.2, -0.15) is 0 Å². The highest BCUT2D eigenvalue weighted by atomic mass is 16.8. The lowest BCUT2D eigenvalue weighted by Crippen LogP contribution is -2.51. The molecule has 0 amide bonds. The Hall–Kier alpha value is -1.40. The van der Waals surface area contributed by atoms with Gasteiger partial charge in [-0.3, -0.25) is 4.84 Å². The molecule has 2 N–H and O–H groups in total. The molecule has 1 aliphatic heterocycles.